The maximum absolute atomic E-state index is 12.4. The van der Waals surface area contributed by atoms with Crippen LogP contribution in [0.2, 0.25) is 0 Å². The van der Waals surface area contributed by atoms with Gasteiger partial charge in [0.15, 0.2) is 11.5 Å². The number of aromatic nitrogens is 1. The lowest BCUT2D eigenvalue weighted by Crippen LogP contribution is -2.37. The zero-order chi connectivity index (χ0) is 17.1. The Hall–Kier alpha value is -2.63. The first kappa shape index (κ1) is 16.2. The van der Waals surface area contributed by atoms with Crippen LogP contribution in [0.4, 0.5) is 0 Å². The molecule has 2 aromatic rings. The number of fused-ring (bicyclic) bond motifs is 1. The van der Waals surface area contributed by atoms with E-state index in [2.05, 4.69) is 10.3 Å². The fourth-order valence-electron chi connectivity index (χ4n) is 3.01. The number of furan rings is 1. The predicted octanol–water partition coefficient (Wildman–Crippen LogP) is 2.24. The maximum Gasteiger partial charge on any atom is 0.261 e. The first-order chi connectivity index (χ1) is 11.5. The van der Waals surface area contributed by atoms with E-state index < -0.39 is 11.9 Å². The number of hydrogen-bond acceptors (Lipinski definition) is 4. The number of Topliss-reactive ketones (excluding diaryl/α,β-unsaturated/α-hetero) is 1. The Morgan fingerprint density at radius 1 is 1.33 bits per heavy atom. The van der Waals surface area contributed by atoms with Crippen LogP contribution in [0.1, 0.15) is 58.4 Å². The Bertz CT molecular complexity index is 805. The van der Waals surface area contributed by atoms with Crippen molar-refractivity contribution in [1.82, 2.24) is 10.3 Å². The highest BCUT2D eigenvalue weighted by Crippen LogP contribution is 2.18. The average molecular weight is 328 g/mol. The SMILES string of the molecule is C[C@H](CC(=O)c1ccco1)NC(=O)c1cc2c([nH]c1=O)CCCC2. The first-order valence-electron chi connectivity index (χ1n) is 8.17. The Kier molecular flexibility index (Phi) is 4.64. The molecule has 1 aliphatic carbocycles. The standard InChI is InChI=1S/C18H20N2O4/c1-11(9-15(21)16-7-4-8-24-16)19-17(22)13-10-12-5-2-3-6-14(12)20-18(13)23/h4,7-8,10-11H,2-3,5-6,9H2,1H3,(H,19,22)(H,20,23)/t11-/m1/s1. The number of amides is 1. The molecule has 126 valence electrons. The first-order valence-corrected chi connectivity index (χ1v) is 8.17. The van der Waals surface area contributed by atoms with Crippen molar-refractivity contribution in [3.05, 3.63) is 57.4 Å². The van der Waals surface area contributed by atoms with Crippen LogP contribution in [0, 0.1) is 0 Å². The second-order valence-corrected chi connectivity index (χ2v) is 6.20. The van der Waals surface area contributed by atoms with Gasteiger partial charge >= 0.3 is 0 Å². The monoisotopic (exact) mass is 328 g/mol. The number of nitrogens with one attached hydrogen (secondary N) is 2. The third-order valence-electron chi connectivity index (χ3n) is 4.25. The van der Waals surface area contributed by atoms with E-state index in [0.717, 1.165) is 36.9 Å². The van der Waals surface area contributed by atoms with Gasteiger partial charge in [0.05, 0.1) is 6.26 Å². The molecule has 1 aliphatic rings. The van der Waals surface area contributed by atoms with E-state index in [1.165, 1.54) is 6.26 Å². The maximum atomic E-state index is 12.4. The highest BCUT2D eigenvalue weighted by molar-refractivity contribution is 5.96. The Morgan fingerprint density at radius 2 is 2.12 bits per heavy atom. The molecular weight excluding hydrogens is 308 g/mol. The Labute approximate surface area is 139 Å². The third-order valence-corrected chi connectivity index (χ3v) is 4.25. The summed E-state index contributed by atoms with van der Waals surface area (Å²) in [6.45, 7) is 1.73. The van der Waals surface area contributed by atoms with Gasteiger partial charge in [0.1, 0.15) is 5.56 Å². The minimum absolute atomic E-state index is 0.105. The fraction of sp³-hybridized carbons (Fsp3) is 0.389. The summed E-state index contributed by atoms with van der Waals surface area (Å²) >= 11 is 0. The smallest absolute Gasteiger partial charge is 0.261 e. The molecule has 2 aromatic heterocycles. The van der Waals surface area contributed by atoms with E-state index in [-0.39, 0.29) is 29.1 Å². The Morgan fingerprint density at radius 3 is 2.88 bits per heavy atom. The minimum Gasteiger partial charge on any atom is -0.461 e. The van der Waals surface area contributed by atoms with Gasteiger partial charge in [-0.15, -0.1) is 0 Å². The van der Waals surface area contributed by atoms with Crippen molar-refractivity contribution < 1.29 is 14.0 Å². The third kappa shape index (κ3) is 3.48. The van der Waals surface area contributed by atoms with Gasteiger partial charge in [0.2, 0.25) is 0 Å². The highest BCUT2D eigenvalue weighted by atomic mass is 16.3. The van der Waals surface area contributed by atoms with Crippen LogP contribution in [0.5, 0.6) is 0 Å². The summed E-state index contributed by atoms with van der Waals surface area (Å²) < 4.78 is 5.05. The lowest BCUT2D eigenvalue weighted by atomic mass is 9.95. The summed E-state index contributed by atoms with van der Waals surface area (Å²) in [7, 11) is 0. The number of carbonyl (C=O) groups excluding carboxylic acids is 2. The number of aromatic amines is 1. The van der Waals surface area contributed by atoms with Gasteiger partial charge in [-0.2, -0.15) is 0 Å². The lowest BCUT2D eigenvalue weighted by molar-refractivity contribution is 0.0906. The van der Waals surface area contributed by atoms with Gasteiger partial charge in [-0.25, -0.2) is 0 Å². The summed E-state index contributed by atoms with van der Waals surface area (Å²) in [6.07, 6.45) is 5.39. The molecule has 0 fully saturated rings. The molecule has 0 saturated heterocycles. The molecule has 2 N–H and O–H groups in total. The number of pyridine rings is 1. The van der Waals surface area contributed by atoms with Gasteiger partial charge in [-0.3, -0.25) is 14.4 Å². The van der Waals surface area contributed by atoms with Gasteiger partial charge in [0.25, 0.3) is 11.5 Å². The number of carbonyl (C=O) groups is 2. The molecular formula is C18H20N2O4. The van der Waals surface area contributed by atoms with Crippen LogP contribution in [0.3, 0.4) is 0 Å². The second-order valence-electron chi connectivity index (χ2n) is 6.20. The molecule has 0 spiro atoms. The van der Waals surface area contributed by atoms with E-state index >= 15 is 0 Å². The number of rotatable bonds is 5. The molecule has 1 atom stereocenters. The van der Waals surface area contributed by atoms with Crippen molar-refractivity contribution in [1.29, 1.82) is 0 Å². The summed E-state index contributed by atoms with van der Waals surface area (Å²) in [5.41, 5.74) is 1.69. The molecule has 2 heterocycles. The van der Waals surface area contributed by atoms with Crippen molar-refractivity contribution >= 4 is 11.7 Å². The number of H-pyrrole nitrogens is 1. The quantitative estimate of drug-likeness (QED) is 0.823. The van der Waals surface area contributed by atoms with E-state index in [9.17, 15) is 14.4 Å². The van der Waals surface area contributed by atoms with Crippen LogP contribution >= 0.6 is 0 Å². The van der Waals surface area contributed by atoms with Crippen molar-refractivity contribution in [3.63, 3.8) is 0 Å². The highest BCUT2D eigenvalue weighted by Gasteiger charge is 2.20. The van der Waals surface area contributed by atoms with Gasteiger partial charge in [-0.05, 0) is 56.4 Å². The molecule has 1 amide bonds. The zero-order valence-corrected chi connectivity index (χ0v) is 13.6. The molecule has 3 rings (SSSR count). The van der Waals surface area contributed by atoms with E-state index in [1.54, 1.807) is 25.1 Å². The van der Waals surface area contributed by atoms with Crippen LogP contribution in [0.15, 0.2) is 33.7 Å². The zero-order valence-electron chi connectivity index (χ0n) is 13.6. The molecule has 0 radical (unpaired) electrons. The summed E-state index contributed by atoms with van der Waals surface area (Å²) in [4.78, 5) is 39.3. The topological polar surface area (TPSA) is 92.2 Å². The van der Waals surface area contributed by atoms with Crippen LogP contribution < -0.4 is 10.9 Å². The molecule has 6 nitrogen and oxygen atoms in total. The van der Waals surface area contributed by atoms with Crippen LogP contribution in [-0.2, 0) is 12.8 Å². The second kappa shape index (κ2) is 6.86. The molecule has 0 aromatic carbocycles. The average Bonchev–Trinajstić information content (AvgIpc) is 3.08. The van der Waals surface area contributed by atoms with E-state index in [4.69, 9.17) is 4.42 Å². The number of hydrogen-bond donors (Lipinski definition) is 2. The van der Waals surface area contributed by atoms with Crippen molar-refractivity contribution in [2.75, 3.05) is 0 Å². The van der Waals surface area contributed by atoms with E-state index in [1.807, 2.05) is 0 Å². The largest absolute Gasteiger partial charge is 0.461 e. The summed E-state index contributed by atoms with van der Waals surface area (Å²) in [5.74, 6) is -0.376. The van der Waals surface area contributed by atoms with E-state index in [0.29, 0.717) is 0 Å². The molecule has 6 heteroatoms. The lowest BCUT2D eigenvalue weighted by Gasteiger charge is -2.17. The fourth-order valence-corrected chi connectivity index (χ4v) is 3.01. The van der Waals surface area contributed by atoms with Gasteiger partial charge < -0.3 is 14.7 Å². The summed E-state index contributed by atoms with van der Waals surface area (Å²) in [6, 6.07) is 4.52. The predicted molar refractivity (Wildman–Crippen MR) is 88.3 cm³/mol. The molecule has 0 unspecified atom stereocenters. The molecule has 0 bridgehead atoms. The molecule has 0 aliphatic heterocycles. The number of ketones is 1. The molecule has 24 heavy (non-hydrogen) atoms. The van der Waals surface area contributed by atoms with Crippen molar-refractivity contribution in [2.45, 2.75) is 45.1 Å². The van der Waals surface area contributed by atoms with Crippen molar-refractivity contribution in [2.24, 2.45) is 0 Å². The summed E-state index contributed by atoms with van der Waals surface area (Å²) in [5, 5.41) is 2.72. The Balaban J connectivity index is 1.68. The van der Waals surface area contributed by atoms with Crippen molar-refractivity contribution in [3.8, 4) is 0 Å². The van der Waals surface area contributed by atoms with Gasteiger partial charge in [-0.1, -0.05) is 0 Å². The molecule has 0 saturated carbocycles. The minimum atomic E-state index is -0.454. The number of aryl methyl sites for hydroxylation is 2. The normalized spacial score (nSPS) is 14.7. The van der Waals surface area contributed by atoms with Crippen LogP contribution in [0.25, 0.3) is 0 Å². The van der Waals surface area contributed by atoms with Crippen LogP contribution in [-0.4, -0.2) is 22.7 Å². The van der Waals surface area contributed by atoms with Gasteiger partial charge in [0, 0.05) is 18.2 Å².